The van der Waals surface area contributed by atoms with Crippen molar-refractivity contribution in [2.75, 3.05) is 17.7 Å². The average Bonchev–Trinajstić information content (AvgIpc) is 2.64. The largest absolute Gasteiger partial charge is 0.384 e. The van der Waals surface area contributed by atoms with Crippen molar-refractivity contribution in [2.24, 2.45) is 7.05 Å². The topological polar surface area (TPSA) is 72.9 Å². The molecule has 0 unspecified atom stereocenters. The van der Waals surface area contributed by atoms with Gasteiger partial charge in [0.15, 0.2) is 0 Å². The maximum Gasteiger partial charge on any atom is 0.227 e. The zero-order valence-electron chi connectivity index (χ0n) is 9.33. The molecule has 0 atom stereocenters. The fraction of sp³-hybridized carbons (Fsp3) is 0.300. The molecule has 0 aliphatic heterocycles. The Kier molecular flexibility index (Phi) is 2.72. The molecule has 2 aromatic heterocycles. The van der Waals surface area contributed by atoms with Gasteiger partial charge in [-0.25, -0.2) is 4.98 Å². The Labute approximate surface area is 93.7 Å². The van der Waals surface area contributed by atoms with Gasteiger partial charge < -0.3 is 10.6 Å². The zero-order chi connectivity index (χ0) is 11.5. The van der Waals surface area contributed by atoms with Gasteiger partial charge in [0, 0.05) is 38.6 Å². The summed E-state index contributed by atoms with van der Waals surface area (Å²) in [6.45, 7) is 0.706. The molecule has 6 nitrogen and oxygen atoms in total. The van der Waals surface area contributed by atoms with Crippen LogP contribution in [0.4, 0.5) is 11.8 Å². The van der Waals surface area contributed by atoms with Crippen LogP contribution in [-0.2, 0) is 13.6 Å². The van der Waals surface area contributed by atoms with Crippen LogP contribution in [0.25, 0.3) is 0 Å². The van der Waals surface area contributed by atoms with Gasteiger partial charge in [0.25, 0.3) is 0 Å². The number of aryl methyl sites for hydroxylation is 1. The normalized spacial score (nSPS) is 10.4. The second-order valence-electron chi connectivity index (χ2n) is 3.66. The molecule has 0 bridgehead atoms. The van der Waals surface area contributed by atoms with E-state index in [0.29, 0.717) is 18.3 Å². The molecule has 0 saturated heterocycles. The molecular formula is C10H14N6. The highest BCUT2D eigenvalue weighted by atomic mass is 15.3. The molecule has 0 aliphatic rings. The highest BCUT2D eigenvalue weighted by molar-refractivity contribution is 5.37. The van der Waals surface area contributed by atoms with Gasteiger partial charge in [-0.1, -0.05) is 0 Å². The summed E-state index contributed by atoms with van der Waals surface area (Å²) in [6.07, 6.45) is 5.43. The summed E-state index contributed by atoms with van der Waals surface area (Å²) in [5.74, 6) is 1.09. The number of nitrogen functional groups attached to an aromatic ring is 1. The van der Waals surface area contributed by atoms with E-state index in [0.717, 1.165) is 5.56 Å². The molecule has 2 N–H and O–H groups in total. The van der Waals surface area contributed by atoms with Crippen LogP contribution in [0.2, 0.25) is 0 Å². The van der Waals surface area contributed by atoms with E-state index in [9.17, 15) is 0 Å². The fourth-order valence-electron chi connectivity index (χ4n) is 1.44. The van der Waals surface area contributed by atoms with Crippen molar-refractivity contribution in [1.82, 2.24) is 19.7 Å². The molecule has 0 aromatic carbocycles. The van der Waals surface area contributed by atoms with Crippen LogP contribution in [0.5, 0.6) is 0 Å². The quantitative estimate of drug-likeness (QED) is 0.808. The van der Waals surface area contributed by atoms with Gasteiger partial charge >= 0.3 is 0 Å². The zero-order valence-corrected chi connectivity index (χ0v) is 9.33. The molecule has 0 amide bonds. The first kappa shape index (κ1) is 10.4. The van der Waals surface area contributed by atoms with Crippen LogP contribution < -0.4 is 10.6 Å². The van der Waals surface area contributed by atoms with Gasteiger partial charge in [-0.3, -0.25) is 4.68 Å². The number of aromatic nitrogens is 4. The minimum absolute atomic E-state index is 0.475. The Bertz CT molecular complexity index is 478. The molecule has 2 rings (SSSR count). The van der Waals surface area contributed by atoms with Crippen molar-refractivity contribution in [2.45, 2.75) is 6.54 Å². The highest BCUT2D eigenvalue weighted by Gasteiger charge is 2.06. The number of nitrogens with zero attached hydrogens (tertiary/aromatic N) is 5. The summed E-state index contributed by atoms with van der Waals surface area (Å²) in [4.78, 5) is 10.2. The van der Waals surface area contributed by atoms with Gasteiger partial charge in [-0.2, -0.15) is 10.1 Å². The Hall–Kier alpha value is -2.11. The van der Waals surface area contributed by atoms with Gasteiger partial charge in [-0.05, 0) is 6.07 Å². The predicted molar refractivity (Wildman–Crippen MR) is 61.8 cm³/mol. The third-order valence-electron chi connectivity index (χ3n) is 2.18. The van der Waals surface area contributed by atoms with E-state index >= 15 is 0 Å². The minimum atomic E-state index is 0.475. The predicted octanol–water partition coefficient (Wildman–Crippen LogP) is 0.429. The van der Waals surface area contributed by atoms with Crippen molar-refractivity contribution in [3.05, 3.63) is 30.2 Å². The van der Waals surface area contributed by atoms with Gasteiger partial charge in [-0.15, -0.1) is 0 Å². The second kappa shape index (κ2) is 4.18. The number of hydrogen-bond donors (Lipinski definition) is 1. The first-order chi connectivity index (χ1) is 7.65. The molecule has 0 spiro atoms. The lowest BCUT2D eigenvalue weighted by atomic mass is 10.3. The summed E-state index contributed by atoms with van der Waals surface area (Å²) in [5.41, 5.74) is 6.71. The molecule has 0 radical (unpaired) electrons. The number of anilines is 2. The minimum Gasteiger partial charge on any atom is -0.384 e. The standard InChI is InChI=1S/C10H14N6/c1-15(6-8-5-13-16(2)7-8)10-12-4-3-9(11)14-10/h3-5,7H,6H2,1-2H3,(H2,11,12,14). The smallest absolute Gasteiger partial charge is 0.227 e. The molecule has 16 heavy (non-hydrogen) atoms. The van der Waals surface area contributed by atoms with Crippen LogP contribution in [0.3, 0.4) is 0 Å². The summed E-state index contributed by atoms with van der Waals surface area (Å²) in [7, 11) is 3.81. The third-order valence-corrected chi connectivity index (χ3v) is 2.18. The Morgan fingerprint density at radius 2 is 2.31 bits per heavy atom. The average molecular weight is 218 g/mol. The molecule has 2 aromatic rings. The van der Waals surface area contributed by atoms with E-state index in [1.54, 1.807) is 16.9 Å². The molecule has 0 aliphatic carbocycles. The lowest BCUT2D eigenvalue weighted by Crippen LogP contribution is -2.19. The van der Waals surface area contributed by atoms with Crippen molar-refractivity contribution in [3.63, 3.8) is 0 Å². The van der Waals surface area contributed by atoms with Crippen LogP contribution in [0, 0.1) is 0 Å². The van der Waals surface area contributed by atoms with Crippen molar-refractivity contribution in [1.29, 1.82) is 0 Å². The van der Waals surface area contributed by atoms with E-state index in [1.807, 2.05) is 31.4 Å². The first-order valence-electron chi connectivity index (χ1n) is 4.92. The van der Waals surface area contributed by atoms with Gasteiger partial charge in [0.05, 0.1) is 6.20 Å². The lowest BCUT2D eigenvalue weighted by Gasteiger charge is -2.15. The van der Waals surface area contributed by atoms with Crippen molar-refractivity contribution < 1.29 is 0 Å². The van der Waals surface area contributed by atoms with Crippen molar-refractivity contribution >= 4 is 11.8 Å². The highest BCUT2D eigenvalue weighted by Crippen LogP contribution is 2.10. The van der Waals surface area contributed by atoms with Crippen LogP contribution in [-0.4, -0.2) is 26.8 Å². The monoisotopic (exact) mass is 218 g/mol. The molecular weight excluding hydrogens is 204 g/mol. The molecule has 0 fully saturated rings. The lowest BCUT2D eigenvalue weighted by molar-refractivity contribution is 0.766. The summed E-state index contributed by atoms with van der Waals surface area (Å²) >= 11 is 0. The summed E-state index contributed by atoms with van der Waals surface area (Å²) < 4.78 is 1.77. The molecule has 0 saturated carbocycles. The van der Waals surface area contributed by atoms with Crippen molar-refractivity contribution in [3.8, 4) is 0 Å². The summed E-state index contributed by atoms with van der Waals surface area (Å²) in [6, 6.07) is 1.67. The number of rotatable bonds is 3. The van der Waals surface area contributed by atoms with Crippen LogP contribution >= 0.6 is 0 Å². The molecule has 84 valence electrons. The van der Waals surface area contributed by atoms with E-state index in [-0.39, 0.29) is 0 Å². The Morgan fingerprint density at radius 1 is 1.50 bits per heavy atom. The van der Waals surface area contributed by atoms with Crippen LogP contribution in [0.1, 0.15) is 5.56 Å². The number of hydrogen-bond acceptors (Lipinski definition) is 5. The van der Waals surface area contributed by atoms with Crippen LogP contribution in [0.15, 0.2) is 24.7 Å². The van der Waals surface area contributed by atoms with E-state index in [1.165, 1.54) is 0 Å². The Balaban J connectivity index is 2.11. The Morgan fingerprint density at radius 3 is 2.94 bits per heavy atom. The van der Waals surface area contributed by atoms with Gasteiger partial charge in [0.1, 0.15) is 5.82 Å². The first-order valence-corrected chi connectivity index (χ1v) is 4.92. The fourth-order valence-corrected chi connectivity index (χ4v) is 1.44. The van der Waals surface area contributed by atoms with E-state index in [2.05, 4.69) is 15.1 Å². The maximum atomic E-state index is 5.60. The molecule has 6 heteroatoms. The van der Waals surface area contributed by atoms with E-state index < -0.39 is 0 Å². The third kappa shape index (κ3) is 2.28. The van der Waals surface area contributed by atoms with Gasteiger partial charge in [0.2, 0.25) is 5.95 Å². The SMILES string of the molecule is CN(Cc1cnn(C)c1)c1nccc(N)n1. The maximum absolute atomic E-state index is 5.60. The number of nitrogens with two attached hydrogens (primary N) is 1. The second-order valence-corrected chi connectivity index (χ2v) is 3.66. The molecule has 2 heterocycles. The van der Waals surface area contributed by atoms with E-state index in [4.69, 9.17) is 5.73 Å². The summed E-state index contributed by atoms with van der Waals surface area (Å²) in [5, 5.41) is 4.11.